The Labute approximate surface area is 257 Å². The molecule has 1 atom stereocenters. The minimum absolute atomic E-state index is 0.00203. The van der Waals surface area contributed by atoms with Gasteiger partial charge < -0.3 is 16.4 Å². The average Bonchev–Trinajstić information content (AvgIpc) is 3.41. The van der Waals surface area contributed by atoms with E-state index in [0.29, 0.717) is 5.84 Å². The molecule has 13 heteroatoms. The monoisotopic (exact) mass is 619 g/mol. The molecule has 5 rings (SSSR count). The van der Waals surface area contributed by atoms with Crippen LogP contribution < -0.4 is 27.4 Å². The fourth-order valence-corrected chi connectivity index (χ4v) is 4.79. The zero-order chi connectivity index (χ0) is 32.4. The molecule has 1 amide bonds. The van der Waals surface area contributed by atoms with Crippen molar-refractivity contribution in [2.75, 3.05) is 11.1 Å². The number of benzene rings is 3. The van der Waals surface area contributed by atoms with Gasteiger partial charge in [-0.1, -0.05) is 54.6 Å². The van der Waals surface area contributed by atoms with Crippen LogP contribution in [-0.2, 0) is 34.6 Å². The molecule has 0 aliphatic carbocycles. The molecule has 1 unspecified atom stereocenters. The molecule has 1 aliphatic rings. The van der Waals surface area contributed by atoms with E-state index in [4.69, 9.17) is 15.6 Å². The molecule has 4 aromatic rings. The summed E-state index contributed by atoms with van der Waals surface area (Å²) in [7, 11) is 0. The third-order valence-electron chi connectivity index (χ3n) is 7.06. The number of carbonyl (C=O) groups is 1. The summed E-state index contributed by atoms with van der Waals surface area (Å²) in [6.45, 7) is 5.13. The van der Waals surface area contributed by atoms with Gasteiger partial charge in [0, 0.05) is 35.0 Å². The Morgan fingerprint density at radius 1 is 1.07 bits per heavy atom. The largest absolute Gasteiger partial charge is 0.416 e. The van der Waals surface area contributed by atoms with Crippen molar-refractivity contribution < 1.29 is 22.8 Å². The highest BCUT2D eigenvalue weighted by molar-refractivity contribution is 5.99. The van der Waals surface area contributed by atoms with Crippen molar-refractivity contribution in [3.8, 4) is 11.3 Å². The molecule has 0 spiro atoms. The highest BCUT2D eigenvalue weighted by atomic mass is 19.4. The number of hydrogen-bond donors (Lipinski definition) is 4. The van der Waals surface area contributed by atoms with E-state index in [9.17, 15) is 22.8 Å². The van der Waals surface area contributed by atoms with E-state index in [2.05, 4.69) is 21.1 Å². The van der Waals surface area contributed by atoms with Gasteiger partial charge in [-0.3, -0.25) is 14.2 Å². The Hall–Kier alpha value is -5.17. The van der Waals surface area contributed by atoms with Gasteiger partial charge in [0.05, 0.1) is 17.5 Å². The first-order chi connectivity index (χ1) is 21.3. The van der Waals surface area contributed by atoms with Crippen molar-refractivity contribution in [3.05, 3.63) is 112 Å². The third-order valence-corrected chi connectivity index (χ3v) is 7.06. The van der Waals surface area contributed by atoms with Gasteiger partial charge in [0.25, 0.3) is 5.56 Å². The number of amides is 1. The van der Waals surface area contributed by atoms with Crippen LogP contribution in [0, 0.1) is 0 Å². The molecule has 1 aromatic heterocycles. The molecule has 0 saturated heterocycles. The van der Waals surface area contributed by atoms with Crippen LogP contribution >= 0.6 is 0 Å². The number of hydroxylamine groups is 1. The van der Waals surface area contributed by atoms with Crippen molar-refractivity contribution in [2.45, 2.75) is 51.8 Å². The fourth-order valence-electron chi connectivity index (χ4n) is 4.79. The number of nitrogens with two attached hydrogens (primary N) is 1. The number of hydrogen-bond acceptors (Lipinski definition) is 8. The molecular formula is C32H32F3N7O3. The summed E-state index contributed by atoms with van der Waals surface area (Å²) in [5, 5.41) is 5.68. The molecule has 3 aromatic carbocycles. The number of halogens is 3. The molecule has 234 valence electrons. The number of aromatic nitrogens is 2. The van der Waals surface area contributed by atoms with E-state index in [1.54, 1.807) is 13.8 Å². The Balaban J connectivity index is 1.33. The SMILES string of the molecule is CC(C)Nc1ncc(-c2cc(N)cc(C(F)(F)F)c2)n(CC(=O)NCc2ccc(C3=NC(C)(c4ccccc4)ON3)cc2)c1=O. The smallest absolute Gasteiger partial charge is 0.399 e. The number of nitrogen functional groups attached to an aromatic ring is 1. The average molecular weight is 620 g/mol. The van der Waals surface area contributed by atoms with Gasteiger partial charge in [-0.25, -0.2) is 20.3 Å². The molecule has 1 aliphatic heterocycles. The fraction of sp³-hybridized carbons (Fsp3) is 0.250. The van der Waals surface area contributed by atoms with Crippen LogP contribution in [0.15, 0.2) is 88.8 Å². The number of amidine groups is 1. The van der Waals surface area contributed by atoms with E-state index >= 15 is 0 Å². The van der Waals surface area contributed by atoms with Crippen LogP contribution in [0.25, 0.3) is 11.3 Å². The minimum Gasteiger partial charge on any atom is -0.399 e. The molecule has 0 radical (unpaired) electrons. The Morgan fingerprint density at radius 2 is 1.78 bits per heavy atom. The van der Waals surface area contributed by atoms with Gasteiger partial charge in [0.15, 0.2) is 11.7 Å². The van der Waals surface area contributed by atoms with E-state index in [0.717, 1.165) is 33.4 Å². The maximum absolute atomic E-state index is 13.5. The molecule has 10 nitrogen and oxygen atoms in total. The highest BCUT2D eigenvalue weighted by Gasteiger charge is 2.34. The topological polar surface area (TPSA) is 136 Å². The lowest BCUT2D eigenvalue weighted by molar-refractivity contribution is -0.137. The van der Waals surface area contributed by atoms with Gasteiger partial charge in [-0.2, -0.15) is 13.2 Å². The number of aliphatic imine (C=N–C) groups is 1. The van der Waals surface area contributed by atoms with Crippen LogP contribution in [0.3, 0.4) is 0 Å². The predicted molar refractivity (Wildman–Crippen MR) is 165 cm³/mol. The van der Waals surface area contributed by atoms with Gasteiger partial charge in [0.2, 0.25) is 11.6 Å². The van der Waals surface area contributed by atoms with E-state index < -0.39 is 35.5 Å². The summed E-state index contributed by atoms with van der Waals surface area (Å²) in [6.07, 6.45) is -3.41. The summed E-state index contributed by atoms with van der Waals surface area (Å²) in [5.41, 5.74) is 8.44. The number of carbonyl (C=O) groups excluding carboxylic acids is 1. The van der Waals surface area contributed by atoms with Crippen LogP contribution in [0.4, 0.5) is 24.7 Å². The second-order valence-corrected chi connectivity index (χ2v) is 11.0. The first-order valence-corrected chi connectivity index (χ1v) is 14.1. The van der Waals surface area contributed by atoms with Gasteiger partial charge in [-0.05, 0) is 44.5 Å². The summed E-state index contributed by atoms with van der Waals surface area (Å²) in [4.78, 5) is 41.0. The first-order valence-electron chi connectivity index (χ1n) is 14.1. The lowest BCUT2D eigenvalue weighted by Gasteiger charge is -2.18. The molecule has 0 bridgehead atoms. The maximum atomic E-state index is 13.5. The van der Waals surface area contributed by atoms with Crippen LogP contribution in [-0.4, -0.2) is 27.3 Å². The van der Waals surface area contributed by atoms with E-state index in [1.807, 2.05) is 61.5 Å². The first kappa shape index (κ1) is 31.3. The summed E-state index contributed by atoms with van der Waals surface area (Å²) < 4.78 is 41.6. The lowest BCUT2D eigenvalue weighted by Crippen LogP contribution is -2.35. The van der Waals surface area contributed by atoms with Crippen molar-refractivity contribution in [3.63, 3.8) is 0 Å². The quantitative estimate of drug-likeness (QED) is 0.198. The normalized spacial score (nSPS) is 16.3. The molecule has 2 heterocycles. The van der Waals surface area contributed by atoms with Gasteiger partial charge in [-0.15, -0.1) is 0 Å². The highest BCUT2D eigenvalue weighted by Crippen LogP contribution is 2.34. The number of anilines is 2. The zero-order valence-electron chi connectivity index (χ0n) is 24.8. The summed E-state index contributed by atoms with van der Waals surface area (Å²) in [5.74, 6) is -0.00614. The number of nitrogens with zero attached hydrogens (tertiary/aromatic N) is 3. The maximum Gasteiger partial charge on any atom is 0.416 e. The second-order valence-electron chi connectivity index (χ2n) is 11.0. The van der Waals surface area contributed by atoms with Crippen LogP contribution in [0.5, 0.6) is 0 Å². The van der Waals surface area contributed by atoms with Crippen molar-refractivity contribution >= 4 is 23.2 Å². The van der Waals surface area contributed by atoms with E-state index in [-0.39, 0.29) is 35.3 Å². The Bertz CT molecular complexity index is 1790. The third kappa shape index (κ3) is 7.15. The van der Waals surface area contributed by atoms with Gasteiger partial charge in [0.1, 0.15) is 6.54 Å². The van der Waals surface area contributed by atoms with Crippen molar-refractivity contribution in [1.82, 2.24) is 20.3 Å². The molecule has 45 heavy (non-hydrogen) atoms. The lowest BCUT2D eigenvalue weighted by atomic mass is 10.1. The second kappa shape index (κ2) is 12.4. The summed E-state index contributed by atoms with van der Waals surface area (Å²) in [6, 6.07) is 19.7. The Morgan fingerprint density at radius 3 is 2.44 bits per heavy atom. The molecule has 0 fully saturated rings. The minimum atomic E-state index is -4.66. The van der Waals surface area contributed by atoms with Crippen LogP contribution in [0.1, 0.15) is 43.0 Å². The molecule has 0 saturated carbocycles. The molecule has 5 N–H and O–H groups in total. The van der Waals surface area contributed by atoms with Crippen LogP contribution in [0.2, 0.25) is 0 Å². The number of alkyl halides is 3. The van der Waals surface area contributed by atoms with Crippen molar-refractivity contribution in [2.24, 2.45) is 4.99 Å². The van der Waals surface area contributed by atoms with E-state index in [1.165, 1.54) is 12.3 Å². The zero-order valence-corrected chi connectivity index (χ0v) is 24.8. The molecular weight excluding hydrogens is 587 g/mol. The standard InChI is InChI=1S/C32H32F3N7O3/c1-19(2)39-29-30(44)42(26(17-38-29)22-13-24(32(33,34)35)15-25(36)14-22)18-27(43)37-16-20-9-11-21(12-10-20)28-40-31(3,45-41-28)23-7-5-4-6-8-23/h4-15,17,19H,16,18,36H2,1-3H3,(H,37,43)(H,38,39)(H,40,41). The summed E-state index contributed by atoms with van der Waals surface area (Å²) >= 11 is 0. The van der Waals surface area contributed by atoms with Gasteiger partial charge >= 0.3 is 6.18 Å². The number of nitrogens with one attached hydrogen (secondary N) is 3. The Kier molecular flexibility index (Phi) is 8.64. The van der Waals surface area contributed by atoms with Crippen molar-refractivity contribution in [1.29, 1.82) is 0 Å². The predicted octanol–water partition coefficient (Wildman–Crippen LogP) is 4.80. The number of rotatable bonds is 9.